The molecule has 0 heterocycles. The number of thioether (sulfide) groups is 1. The van der Waals surface area contributed by atoms with Crippen LogP contribution in [0.1, 0.15) is 31.2 Å². The third-order valence-electron chi connectivity index (χ3n) is 3.44. The molecule has 1 aliphatic rings. The van der Waals surface area contributed by atoms with Gasteiger partial charge in [-0.3, -0.25) is 0 Å². The van der Waals surface area contributed by atoms with Crippen LogP contribution in [0.2, 0.25) is 0 Å². The predicted octanol–water partition coefficient (Wildman–Crippen LogP) is 3.79. The van der Waals surface area contributed by atoms with E-state index in [4.69, 9.17) is 0 Å². The van der Waals surface area contributed by atoms with Crippen molar-refractivity contribution >= 4 is 17.8 Å². The maximum absolute atomic E-state index is 14.3. The van der Waals surface area contributed by atoms with Gasteiger partial charge in [0.25, 0.3) is 0 Å². The molecule has 1 aromatic rings. The van der Waals surface area contributed by atoms with E-state index in [0.717, 1.165) is 24.6 Å². The van der Waals surface area contributed by atoms with Gasteiger partial charge in [-0.25, -0.2) is 13.6 Å². The van der Waals surface area contributed by atoms with Gasteiger partial charge in [-0.1, -0.05) is 18.9 Å². The lowest BCUT2D eigenvalue weighted by Gasteiger charge is -2.24. The van der Waals surface area contributed by atoms with Crippen molar-refractivity contribution in [1.29, 1.82) is 0 Å². The second-order valence-electron chi connectivity index (χ2n) is 4.38. The Labute approximate surface area is 108 Å². The fourth-order valence-electron chi connectivity index (χ4n) is 2.57. The molecule has 1 aromatic carbocycles. The van der Waals surface area contributed by atoms with Crippen LogP contribution in [0, 0.1) is 11.6 Å². The summed E-state index contributed by atoms with van der Waals surface area (Å²) in [5.74, 6) is -1.17. The zero-order valence-corrected chi connectivity index (χ0v) is 10.8. The Morgan fingerprint density at radius 2 is 2.00 bits per heavy atom. The monoisotopic (exact) mass is 269 g/mol. The fraction of sp³-hybridized carbons (Fsp3) is 0.462. The number of nitrogens with zero attached hydrogens (tertiary/aromatic N) is 1. The number of benzene rings is 1. The van der Waals surface area contributed by atoms with Crippen LogP contribution < -0.4 is 0 Å². The first-order valence-electron chi connectivity index (χ1n) is 5.76. The summed E-state index contributed by atoms with van der Waals surface area (Å²) in [6.07, 6.45) is 6.15. The van der Waals surface area contributed by atoms with Crippen LogP contribution >= 0.6 is 11.8 Å². The molecule has 2 nitrogen and oxygen atoms in total. The van der Waals surface area contributed by atoms with Gasteiger partial charge in [0.15, 0.2) is 0 Å². The Balaban J connectivity index is 2.59. The summed E-state index contributed by atoms with van der Waals surface area (Å²) in [6.45, 7) is 0. The molecule has 1 aliphatic carbocycles. The van der Waals surface area contributed by atoms with E-state index >= 15 is 0 Å². The van der Waals surface area contributed by atoms with Gasteiger partial charge in [0, 0.05) is 5.56 Å². The first-order chi connectivity index (χ1) is 8.64. The molecule has 96 valence electrons. The third kappa shape index (κ3) is 2.08. The largest absolute Gasteiger partial charge is 0.235 e. The van der Waals surface area contributed by atoms with Gasteiger partial charge >= 0.3 is 0 Å². The first-order valence-corrected chi connectivity index (χ1v) is 6.98. The standard InChI is InChI=1S/C13H13F2NOS/c1-18-12-10(14)5-4-9(11(12)15)13(16-8-17)6-2-3-7-13/h4-5H,2-3,6-7H2,1H3. The summed E-state index contributed by atoms with van der Waals surface area (Å²) >= 11 is 1.02. The minimum atomic E-state index is -0.843. The molecule has 0 bridgehead atoms. The zero-order chi connectivity index (χ0) is 13.2. The van der Waals surface area contributed by atoms with Gasteiger partial charge in [-0.15, -0.1) is 11.8 Å². The number of carbonyl (C=O) groups excluding carboxylic acids is 1. The van der Waals surface area contributed by atoms with Gasteiger partial charge in [0.1, 0.15) is 17.2 Å². The molecule has 0 radical (unpaired) electrons. The molecule has 1 saturated carbocycles. The molecular weight excluding hydrogens is 256 g/mol. The molecule has 0 spiro atoms. The molecule has 18 heavy (non-hydrogen) atoms. The molecule has 0 saturated heterocycles. The lowest BCUT2D eigenvalue weighted by atomic mass is 9.88. The van der Waals surface area contributed by atoms with E-state index < -0.39 is 17.2 Å². The molecule has 0 aliphatic heterocycles. The molecule has 0 amide bonds. The van der Waals surface area contributed by atoms with Gasteiger partial charge < -0.3 is 0 Å². The van der Waals surface area contributed by atoms with E-state index in [1.165, 1.54) is 18.2 Å². The number of halogens is 2. The molecule has 0 aromatic heterocycles. The summed E-state index contributed by atoms with van der Waals surface area (Å²) in [6, 6.07) is 2.64. The fourth-order valence-corrected chi connectivity index (χ4v) is 3.12. The highest BCUT2D eigenvalue weighted by atomic mass is 32.2. The van der Waals surface area contributed by atoms with Crippen molar-refractivity contribution in [2.75, 3.05) is 6.26 Å². The van der Waals surface area contributed by atoms with Crippen LogP contribution in [-0.2, 0) is 10.3 Å². The topological polar surface area (TPSA) is 29.4 Å². The first kappa shape index (κ1) is 13.2. The van der Waals surface area contributed by atoms with Crippen molar-refractivity contribution in [1.82, 2.24) is 0 Å². The highest BCUT2D eigenvalue weighted by molar-refractivity contribution is 7.98. The van der Waals surface area contributed by atoms with E-state index in [1.807, 2.05) is 0 Å². The number of hydrogen-bond acceptors (Lipinski definition) is 3. The molecular formula is C13H13F2NOS. The van der Waals surface area contributed by atoms with Crippen molar-refractivity contribution in [2.24, 2.45) is 4.99 Å². The lowest BCUT2D eigenvalue weighted by Crippen LogP contribution is -2.21. The Bertz CT molecular complexity index is 506. The quantitative estimate of drug-likeness (QED) is 0.474. The molecule has 0 unspecified atom stereocenters. The normalized spacial score (nSPS) is 17.5. The van der Waals surface area contributed by atoms with E-state index in [-0.39, 0.29) is 4.90 Å². The van der Waals surface area contributed by atoms with Gasteiger partial charge in [-0.05, 0) is 25.2 Å². The third-order valence-corrected chi connectivity index (χ3v) is 4.23. The molecule has 0 atom stereocenters. The highest BCUT2D eigenvalue weighted by Gasteiger charge is 2.38. The summed E-state index contributed by atoms with van der Waals surface area (Å²) in [4.78, 5) is 14.4. The minimum Gasteiger partial charge on any atom is -0.211 e. The summed E-state index contributed by atoms with van der Waals surface area (Å²) < 4.78 is 27.8. The van der Waals surface area contributed by atoms with E-state index in [2.05, 4.69) is 4.99 Å². The van der Waals surface area contributed by atoms with Crippen LogP contribution in [0.25, 0.3) is 0 Å². The Morgan fingerprint density at radius 1 is 1.33 bits per heavy atom. The Hall–Kier alpha value is -1.19. The summed E-state index contributed by atoms with van der Waals surface area (Å²) in [7, 11) is 0. The maximum atomic E-state index is 14.3. The van der Waals surface area contributed by atoms with Crippen molar-refractivity contribution in [3.05, 3.63) is 29.3 Å². The molecule has 5 heteroatoms. The number of hydrogen-bond donors (Lipinski definition) is 0. The Kier molecular flexibility index (Phi) is 3.83. The van der Waals surface area contributed by atoms with Gasteiger partial charge in [0.2, 0.25) is 6.08 Å². The minimum absolute atomic E-state index is 0.0140. The number of rotatable bonds is 3. The Morgan fingerprint density at radius 3 is 2.56 bits per heavy atom. The highest BCUT2D eigenvalue weighted by Crippen LogP contribution is 2.44. The predicted molar refractivity (Wildman–Crippen MR) is 66.4 cm³/mol. The van der Waals surface area contributed by atoms with Gasteiger partial charge in [-0.2, -0.15) is 4.99 Å². The van der Waals surface area contributed by atoms with Crippen molar-refractivity contribution in [2.45, 2.75) is 36.1 Å². The van der Waals surface area contributed by atoms with Crippen molar-refractivity contribution in [3.63, 3.8) is 0 Å². The molecule has 1 fully saturated rings. The van der Waals surface area contributed by atoms with Crippen molar-refractivity contribution < 1.29 is 13.6 Å². The molecule has 0 N–H and O–H groups in total. The van der Waals surface area contributed by atoms with Crippen LogP contribution in [0.3, 0.4) is 0 Å². The smallest absolute Gasteiger partial charge is 0.211 e. The summed E-state index contributed by atoms with van der Waals surface area (Å²) in [5, 5.41) is 0. The second-order valence-corrected chi connectivity index (χ2v) is 5.20. The van der Waals surface area contributed by atoms with Crippen molar-refractivity contribution in [3.8, 4) is 0 Å². The average molecular weight is 269 g/mol. The van der Waals surface area contributed by atoms with E-state index in [9.17, 15) is 13.6 Å². The SMILES string of the molecule is CSc1c(F)ccc(C2(N=C=O)CCCC2)c1F. The van der Waals surface area contributed by atoms with E-state index in [1.54, 1.807) is 6.26 Å². The molecule has 2 rings (SSSR count). The zero-order valence-electron chi connectivity index (χ0n) is 10.0. The second kappa shape index (κ2) is 5.21. The van der Waals surface area contributed by atoms with Crippen LogP contribution in [0.5, 0.6) is 0 Å². The van der Waals surface area contributed by atoms with Crippen LogP contribution in [-0.4, -0.2) is 12.3 Å². The van der Waals surface area contributed by atoms with Crippen LogP contribution in [0.4, 0.5) is 8.78 Å². The van der Waals surface area contributed by atoms with Gasteiger partial charge in [0.05, 0.1) is 4.90 Å². The number of isocyanates is 1. The van der Waals surface area contributed by atoms with E-state index in [0.29, 0.717) is 18.4 Å². The lowest BCUT2D eigenvalue weighted by molar-refractivity contribution is 0.419. The summed E-state index contributed by atoms with van der Waals surface area (Å²) in [5.41, 5.74) is -0.529. The van der Waals surface area contributed by atoms with Crippen LogP contribution in [0.15, 0.2) is 22.0 Å². The number of aliphatic imine (C=N–C) groups is 1. The average Bonchev–Trinajstić information content (AvgIpc) is 2.79. The maximum Gasteiger partial charge on any atom is 0.235 e.